The van der Waals surface area contributed by atoms with Crippen molar-refractivity contribution in [3.63, 3.8) is 0 Å². The lowest BCUT2D eigenvalue weighted by molar-refractivity contribution is 0.00701. The van der Waals surface area contributed by atoms with Crippen LogP contribution in [-0.2, 0) is 21.3 Å². The minimum absolute atomic E-state index is 0. The maximum absolute atomic E-state index is 12.1. The highest BCUT2D eigenvalue weighted by Gasteiger charge is 2.34. The van der Waals surface area contributed by atoms with Gasteiger partial charge in [0.25, 0.3) is 0 Å². The molecule has 1 fully saturated rings. The van der Waals surface area contributed by atoms with E-state index in [9.17, 15) is 13.2 Å². The fourth-order valence-electron chi connectivity index (χ4n) is 2.60. The maximum Gasteiger partial charge on any atom is 0.410 e. The van der Waals surface area contributed by atoms with Crippen molar-refractivity contribution >= 4 is 46.1 Å². The molecule has 0 atom stereocenters. The fraction of sp³-hybridized carbons (Fsp3) is 0.579. The molecular formula is C19H32IN5O4S. The Labute approximate surface area is 196 Å². The van der Waals surface area contributed by atoms with Crippen molar-refractivity contribution in [2.45, 2.75) is 39.0 Å². The van der Waals surface area contributed by atoms with Crippen LogP contribution in [0.1, 0.15) is 26.3 Å². The van der Waals surface area contributed by atoms with E-state index in [4.69, 9.17) is 4.74 Å². The molecule has 3 N–H and O–H groups in total. The summed E-state index contributed by atoms with van der Waals surface area (Å²) in [5.74, 6) is 0.423. The molecule has 0 spiro atoms. The number of hydrogen-bond donors (Lipinski definition) is 3. The van der Waals surface area contributed by atoms with E-state index in [2.05, 4.69) is 20.3 Å². The Morgan fingerprint density at radius 1 is 1.23 bits per heavy atom. The zero-order valence-corrected chi connectivity index (χ0v) is 21.0. The molecule has 9 nitrogen and oxygen atoms in total. The smallest absolute Gasteiger partial charge is 0.410 e. The second kappa shape index (κ2) is 11.7. The summed E-state index contributed by atoms with van der Waals surface area (Å²) in [4.78, 5) is 17.6. The van der Waals surface area contributed by atoms with Crippen LogP contribution >= 0.6 is 24.0 Å². The van der Waals surface area contributed by atoms with Crippen molar-refractivity contribution in [2.75, 3.05) is 32.4 Å². The summed E-state index contributed by atoms with van der Waals surface area (Å²) in [6, 6.07) is 9.39. The molecule has 1 aliphatic rings. The molecule has 0 aliphatic carbocycles. The van der Waals surface area contributed by atoms with Gasteiger partial charge in [-0.3, -0.25) is 4.99 Å². The number of sulfonamides is 1. The number of benzene rings is 1. The van der Waals surface area contributed by atoms with Gasteiger partial charge in [0.15, 0.2) is 5.96 Å². The molecule has 1 aromatic carbocycles. The Morgan fingerprint density at radius 2 is 1.87 bits per heavy atom. The minimum Gasteiger partial charge on any atom is -0.444 e. The van der Waals surface area contributed by atoms with E-state index in [0.717, 1.165) is 5.56 Å². The molecule has 0 unspecified atom stereocenters. The van der Waals surface area contributed by atoms with Gasteiger partial charge in [0, 0.05) is 33.2 Å². The first-order valence-electron chi connectivity index (χ1n) is 9.54. The van der Waals surface area contributed by atoms with E-state index in [0.29, 0.717) is 19.0 Å². The van der Waals surface area contributed by atoms with Crippen LogP contribution in [0.5, 0.6) is 0 Å². The highest BCUT2D eigenvalue weighted by molar-refractivity contribution is 14.0. The quantitative estimate of drug-likeness (QED) is 0.268. The number of amides is 1. The van der Waals surface area contributed by atoms with Crippen LogP contribution in [0, 0.1) is 0 Å². The Bertz CT molecular complexity index is 806. The number of aliphatic imine (C=N–C) groups is 1. The van der Waals surface area contributed by atoms with Gasteiger partial charge < -0.3 is 20.3 Å². The van der Waals surface area contributed by atoms with E-state index in [1.807, 2.05) is 51.1 Å². The van der Waals surface area contributed by atoms with Gasteiger partial charge in [-0.15, -0.1) is 24.0 Å². The second-order valence-corrected chi connectivity index (χ2v) is 9.78. The third-order valence-electron chi connectivity index (χ3n) is 4.10. The maximum atomic E-state index is 12.1. The third kappa shape index (κ3) is 9.47. The van der Waals surface area contributed by atoms with Gasteiger partial charge in [0.2, 0.25) is 10.0 Å². The molecule has 1 saturated heterocycles. The number of carbonyl (C=O) groups is 1. The van der Waals surface area contributed by atoms with E-state index >= 15 is 0 Å². The third-order valence-corrected chi connectivity index (χ3v) is 5.43. The molecule has 0 aromatic heterocycles. The average Bonchev–Trinajstić information content (AvgIpc) is 2.60. The summed E-state index contributed by atoms with van der Waals surface area (Å²) in [5, 5.41) is 6.16. The standard InChI is InChI=1S/C19H31N5O4S.HI/c1-19(2,3)28-18(25)24-13-16(14-24)23-17(20-4)21-10-11-29(26,27)22-12-15-8-6-5-7-9-15;/h5-9,16,22H,10-14H2,1-4H3,(H2,20,21,23);1H. The highest BCUT2D eigenvalue weighted by Crippen LogP contribution is 2.15. The largest absolute Gasteiger partial charge is 0.444 e. The number of guanidine groups is 1. The summed E-state index contributed by atoms with van der Waals surface area (Å²) in [6.07, 6.45) is -0.339. The molecular weight excluding hydrogens is 521 g/mol. The molecule has 1 aliphatic heterocycles. The number of likely N-dealkylation sites (tertiary alicyclic amines) is 1. The molecule has 0 bridgehead atoms. The predicted molar refractivity (Wildman–Crippen MR) is 129 cm³/mol. The molecule has 2 rings (SSSR count). The number of nitrogens with one attached hydrogen (secondary N) is 3. The lowest BCUT2D eigenvalue weighted by Gasteiger charge is -2.40. The van der Waals surface area contributed by atoms with Crippen molar-refractivity contribution < 1.29 is 17.9 Å². The van der Waals surface area contributed by atoms with Gasteiger partial charge in [-0.25, -0.2) is 17.9 Å². The summed E-state index contributed by atoms with van der Waals surface area (Å²) in [5.41, 5.74) is 0.383. The van der Waals surface area contributed by atoms with Crippen LogP contribution in [0.4, 0.5) is 4.79 Å². The van der Waals surface area contributed by atoms with Gasteiger partial charge in [-0.1, -0.05) is 30.3 Å². The fourth-order valence-corrected chi connectivity index (χ4v) is 3.50. The molecule has 170 valence electrons. The van der Waals surface area contributed by atoms with E-state index in [1.54, 1.807) is 11.9 Å². The lowest BCUT2D eigenvalue weighted by atomic mass is 10.1. The molecule has 11 heteroatoms. The number of nitrogens with zero attached hydrogens (tertiary/aromatic N) is 2. The summed E-state index contributed by atoms with van der Waals surface area (Å²) >= 11 is 0. The molecule has 30 heavy (non-hydrogen) atoms. The average molecular weight is 553 g/mol. The molecule has 1 amide bonds. The summed E-state index contributed by atoms with van der Waals surface area (Å²) in [7, 11) is -1.79. The molecule has 0 saturated carbocycles. The van der Waals surface area contributed by atoms with Crippen LogP contribution in [0.15, 0.2) is 35.3 Å². The first kappa shape index (κ1) is 26.4. The Balaban J connectivity index is 0.00000450. The van der Waals surface area contributed by atoms with Crippen molar-refractivity contribution in [1.29, 1.82) is 0 Å². The van der Waals surface area contributed by atoms with Crippen molar-refractivity contribution in [3.8, 4) is 0 Å². The number of ether oxygens (including phenoxy) is 1. The Morgan fingerprint density at radius 3 is 2.43 bits per heavy atom. The molecule has 0 radical (unpaired) electrons. The zero-order valence-electron chi connectivity index (χ0n) is 17.8. The highest BCUT2D eigenvalue weighted by atomic mass is 127. The predicted octanol–water partition coefficient (Wildman–Crippen LogP) is 1.51. The van der Waals surface area contributed by atoms with E-state index in [-0.39, 0.29) is 55.0 Å². The monoisotopic (exact) mass is 553 g/mol. The van der Waals surface area contributed by atoms with Gasteiger partial charge >= 0.3 is 6.09 Å². The van der Waals surface area contributed by atoms with Gasteiger partial charge in [0.05, 0.1) is 11.8 Å². The first-order chi connectivity index (χ1) is 13.6. The van der Waals surface area contributed by atoms with Gasteiger partial charge in [0.1, 0.15) is 5.60 Å². The van der Waals surface area contributed by atoms with Crippen molar-refractivity contribution in [2.24, 2.45) is 4.99 Å². The summed E-state index contributed by atoms with van der Waals surface area (Å²) in [6.45, 7) is 6.98. The number of hydrogen-bond acceptors (Lipinski definition) is 5. The van der Waals surface area contributed by atoms with Crippen LogP contribution in [0.3, 0.4) is 0 Å². The minimum atomic E-state index is -3.41. The first-order valence-corrected chi connectivity index (χ1v) is 11.2. The zero-order chi connectivity index (χ0) is 21.5. The van der Waals surface area contributed by atoms with E-state index < -0.39 is 15.6 Å². The molecule has 1 aromatic rings. The number of halogens is 1. The lowest BCUT2D eigenvalue weighted by Crippen LogP contribution is -2.63. The van der Waals surface area contributed by atoms with Crippen LogP contribution in [0.25, 0.3) is 0 Å². The van der Waals surface area contributed by atoms with Crippen LogP contribution in [0.2, 0.25) is 0 Å². The van der Waals surface area contributed by atoms with Crippen LogP contribution in [-0.4, -0.2) is 69.4 Å². The van der Waals surface area contributed by atoms with Crippen molar-refractivity contribution in [1.82, 2.24) is 20.3 Å². The Hall–Kier alpha value is -1.60. The Kier molecular flexibility index (Phi) is 10.3. The number of rotatable bonds is 7. The van der Waals surface area contributed by atoms with E-state index in [1.165, 1.54) is 0 Å². The van der Waals surface area contributed by atoms with Gasteiger partial charge in [-0.05, 0) is 26.3 Å². The topological polar surface area (TPSA) is 112 Å². The van der Waals surface area contributed by atoms with Gasteiger partial charge in [-0.2, -0.15) is 0 Å². The SMILES string of the molecule is CN=C(NCCS(=O)(=O)NCc1ccccc1)NC1CN(C(=O)OC(C)(C)C)C1.I. The normalized spacial score (nSPS) is 15.1. The van der Waals surface area contributed by atoms with Crippen LogP contribution < -0.4 is 15.4 Å². The summed E-state index contributed by atoms with van der Waals surface area (Å²) < 4.78 is 32.2. The van der Waals surface area contributed by atoms with Crippen molar-refractivity contribution in [3.05, 3.63) is 35.9 Å². The second-order valence-electron chi connectivity index (χ2n) is 7.85. The molecule has 1 heterocycles. The number of carbonyl (C=O) groups excluding carboxylic acids is 1.